The molecule has 0 aliphatic rings. The summed E-state index contributed by atoms with van der Waals surface area (Å²) in [6, 6.07) is 3.44. The molecule has 0 saturated heterocycles. The third kappa shape index (κ3) is 2.42. The fraction of sp³-hybridized carbons (Fsp3) is 0.364. The smallest absolute Gasteiger partial charge is 0.255 e. The molecule has 2 aromatic heterocycles. The highest BCUT2D eigenvalue weighted by molar-refractivity contribution is 5.99. The summed E-state index contributed by atoms with van der Waals surface area (Å²) in [5.41, 5.74) is 1.06. The van der Waals surface area contributed by atoms with Crippen molar-refractivity contribution in [1.29, 1.82) is 0 Å². The molecule has 0 radical (unpaired) electrons. The Morgan fingerprint density at radius 1 is 1.65 bits per heavy atom. The third-order valence-electron chi connectivity index (χ3n) is 2.34. The van der Waals surface area contributed by atoms with Crippen LogP contribution in [0.5, 0.6) is 0 Å². The Labute approximate surface area is 98.6 Å². The molecule has 0 bridgehead atoms. The average Bonchev–Trinajstić information content (AvgIpc) is 2.76. The summed E-state index contributed by atoms with van der Waals surface area (Å²) in [6.45, 7) is 2.35. The summed E-state index contributed by atoms with van der Waals surface area (Å²) in [4.78, 5) is 16.0. The number of carbonyl (C=O) groups is 1. The van der Waals surface area contributed by atoms with E-state index in [1.807, 2.05) is 6.92 Å². The number of hydrogen-bond acceptors (Lipinski definition) is 4. The molecule has 6 heteroatoms. The van der Waals surface area contributed by atoms with Crippen molar-refractivity contribution >= 4 is 11.6 Å². The Morgan fingerprint density at radius 3 is 3.24 bits per heavy atom. The average molecular weight is 234 g/mol. The van der Waals surface area contributed by atoms with Crippen LogP contribution in [0.25, 0.3) is 5.65 Å². The molecule has 2 aromatic rings. The van der Waals surface area contributed by atoms with Crippen molar-refractivity contribution in [2.75, 3.05) is 13.7 Å². The summed E-state index contributed by atoms with van der Waals surface area (Å²) in [7, 11) is 1.60. The number of ether oxygens (including phenoxy) is 1. The zero-order valence-electron chi connectivity index (χ0n) is 9.75. The predicted octanol–water partition coefficient (Wildman–Crippen LogP) is 0.494. The molecule has 1 N–H and O–H groups in total. The Morgan fingerprint density at radius 2 is 2.47 bits per heavy atom. The van der Waals surface area contributed by atoms with Gasteiger partial charge in [0.2, 0.25) is 0 Å². The summed E-state index contributed by atoms with van der Waals surface area (Å²) < 4.78 is 6.53. The van der Waals surface area contributed by atoms with Gasteiger partial charge in [0, 0.05) is 19.3 Å². The molecule has 1 unspecified atom stereocenters. The number of carbonyl (C=O) groups excluding carboxylic acids is 1. The van der Waals surface area contributed by atoms with Crippen LogP contribution < -0.4 is 5.32 Å². The first-order valence-corrected chi connectivity index (χ1v) is 5.30. The second-order valence-corrected chi connectivity index (χ2v) is 3.78. The molecule has 0 fully saturated rings. The third-order valence-corrected chi connectivity index (χ3v) is 2.34. The zero-order valence-corrected chi connectivity index (χ0v) is 9.75. The van der Waals surface area contributed by atoms with E-state index in [0.29, 0.717) is 17.8 Å². The molecule has 6 nitrogen and oxygen atoms in total. The molecule has 0 aliphatic carbocycles. The van der Waals surface area contributed by atoms with Gasteiger partial charge in [-0.05, 0) is 19.1 Å². The van der Waals surface area contributed by atoms with Crippen LogP contribution in [0.2, 0.25) is 0 Å². The van der Waals surface area contributed by atoms with Gasteiger partial charge in [-0.1, -0.05) is 0 Å². The fourth-order valence-corrected chi connectivity index (χ4v) is 1.62. The van der Waals surface area contributed by atoms with Crippen LogP contribution in [0.1, 0.15) is 17.3 Å². The highest BCUT2D eigenvalue weighted by Crippen LogP contribution is 2.07. The molecule has 0 aromatic carbocycles. The summed E-state index contributed by atoms with van der Waals surface area (Å²) in [5.74, 6) is -0.173. The molecule has 2 heterocycles. The second kappa shape index (κ2) is 4.92. The van der Waals surface area contributed by atoms with Gasteiger partial charge in [-0.2, -0.15) is 5.10 Å². The van der Waals surface area contributed by atoms with E-state index < -0.39 is 0 Å². The van der Waals surface area contributed by atoms with Crippen molar-refractivity contribution in [3.63, 3.8) is 0 Å². The Kier molecular flexibility index (Phi) is 3.34. The molecule has 0 saturated carbocycles. The SMILES string of the molecule is COCC(C)NC(=O)c1cccn2ncnc12. The lowest BCUT2D eigenvalue weighted by molar-refractivity contribution is 0.0906. The van der Waals surface area contributed by atoms with E-state index >= 15 is 0 Å². The van der Waals surface area contributed by atoms with Crippen molar-refractivity contribution in [2.24, 2.45) is 0 Å². The van der Waals surface area contributed by atoms with Gasteiger partial charge in [0.05, 0.1) is 12.2 Å². The standard InChI is InChI=1S/C11H14N4O2/c1-8(6-17-2)14-11(16)9-4-3-5-15-10(9)12-7-13-15/h3-5,7-8H,6H2,1-2H3,(H,14,16). The van der Waals surface area contributed by atoms with Gasteiger partial charge in [0.15, 0.2) is 5.65 Å². The molecule has 17 heavy (non-hydrogen) atoms. The summed E-state index contributed by atoms with van der Waals surface area (Å²) in [6.07, 6.45) is 3.17. The van der Waals surface area contributed by atoms with Crippen LogP contribution in [-0.2, 0) is 4.74 Å². The molecule has 2 rings (SSSR count). The monoisotopic (exact) mass is 234 g/mol. The predicted molar refractivity (Wildman–Crippen MR) is 61.8 cm³/mol. The Balaban J connectivity index is 2.21. The molecule has 0 spiro atoms. The molecule has 0 aliphatic heterocycles. The van der Waals surface area contributed by atoms with E-state index in [1.54, 1.807) is 30.0 Å². The maximum absolute atomic E-state index is 12.0. The highest BCUT2D eigenvalue weighted by atomic mass is 16.5. The topological polar surface area (TPSA) is 68.5 Å². The number of hydrogen-bond donors (Lipinski definition) is 1. The maximum Gasteiger partial charge on any atom is 0.255 e. The fourth-order valence-electron chi connectivity index (χ4n) is 1.62. The highest BCUT2D eigenvalue weighted by Gasteiger charge is 2.13. The van der Waals surface area contributed by atoms with Gasteiger partial charge in [-0.3, -0.25) is 4.79 Å². The van der Waals surface area contributed by atoms with Gasteiger partial charge in [-0.25, -0.2) is 9.50 Å². The van der Waals surface area contributed by atoms with Crippen LogP contribution in [-0.4, -0.2) is 40.3 Å². The van der Waals surface area contributed by atoms with E-state index in [9.17, 15) is 4.79 Å². The molecule has 1 atom stereocenters. The van der Waals surface area contributed by atoms with Gasteiger partial charge >= 0.3 is 0 Å². The number of aromatic nitrogens is 3. The number of rotatable bonds is 4. The second-order valence-electron chi connectivity index (χ2n) is 3.78. The first-order valence-electron chi connectivity index (χ1n) is 5.30. The lowest BCUT2D eigenvalue weighted by Gasteiger charge is -2.12. The minimum absolute atomic E-state index is 0.0457. The van der Waals surface area contributed by atoms with E-state index in [4.69, 9.17) is 4.74 Å². The van der Waals surface area contributed by atoms with Crippen molar-refractivity contribution in [2.45, 2.75) is 13.0 Å². The van der Waals surface area contributed by atoms with Crippen molar-refractivity contribution in [1.82, 2.24) is 19.9 Å². The maximum atomic E-state index is 12.0. The lowest BCUT2D eigenvalue weighted by Crippen LogP contribution is -2.35. The number of nitrogens with zero attached hydrogens (tertiary/aromatic N) is 3. The number of pyridine rings is 1. The van der Waals surface area contributed by atoms with Crippen LogP contribution in [0.15, 0.2) is 24.7 Å². The van der Waals surface area contributed by atoms with Gasteiger partial charge < -0.3 is 10.1 Å². The van der Waals surface area contributed by atoms with Crippen LogP contribution >= 0.6 is 0 Å². The summed E-state index contributed by atoms with van der Waals surface area (Å²) >= 11 is 0. The molecular weight excluding hydrogens is 220 g/mol. The number of methoxy groups -OCH3 is 1. The van der Waals surface area contributed by atoms with E-state index in [2.05, 4.69) is 15.4 Å². The van der Waals surface area contributed by atoms with Crippen LogP contribution in [0.4, 0.5) is 0 Å². The number of fused-ring (bicyclic) bond motifs is 1. The van der Waals surface area contributed by atoms with Crippen LogP contribution in [0, 0.1) is 0 Å². The normalized spacial score (nSPS) is 12.6. The molecule has 1 amide bonds. The minimum atomic E-state index is -0.173. The lowest BCUT2D eigenvalue weighted by atomic mass is 10.2. The van der Waals surface area contributed by atoms with Crippen molar-refractivity contribution < 1.29 is 9.53 Å². The largest absolute Gasteiger partial charge is 0.383 e. The first kappa shape index (κ1) is 11.5. The van der Waals surface area contributed by atoms with Gasteiger partial charge in [0.25, 0.3) is 5.91 Å². The minimum Gasteiger partial charge on any atom is -0.383 e. The van der Waals surface area contributed by atoms with Gasteiger partial charge in [0.1, 0.15) is 6.33 Å². The number of nitrogens with one attached hydrogen (secondary N) is 1. The number of amides is 1. The Hall–Kier alpha value is -1.95. The van der Waals surface area contributed by atoms with Crippen molar-refractivity contribution in [3.8, 4) is 0 Å². The van der Waals surface area contributed by atoms with Crippen molar-refractivity contribution in [3.05, 3.63) is 30.2 Å². The Bertz CT molecular complexity index is 523. The van der Waals surface area contributed by atoms with Gasteiger partial charge in [-0.15, -0.1) is 0 Å². The first-order chi connectivity index (χ1) is 8.22. The molecular formula is C11H14N4O2. The van der Waals surface area contributed by atoms with E-state index in [0.717, 1.165) is 0 Å². The quantitative estimate of drug-likeness (QED) is 0.836. The zero-order chi connectivity index (χ0) is 12.3. The van der Waals surface area contributed by atoms with E-state index in [-0.39, 0.29) is 11.9 Å². The molecule has 90 valence electrons. The summed E-state index contributed by atoms with van der Waals surface area (Å²) in [5, 5.41) is 6.81. The van der Waals surface area contributed by atoms with E-state index in [1.165, 1.54) is 6.33 Å². The van der Waals surface area contributed by atoms with Crippen LogP contribution in [0.3, 0.4) is 0 Å².